The van der Waals surface area contributed by atoms with Gasteiger partial charge in [-0.25, -0.2) is 13.4 Å². The second kappa shape index (κ2) is 5.61. The number of aryl methyl sites for hydroxylation is 1. The lowest BCUT2D eigenvalue weighted by molar-refractivity contribution is 0.600. The van der Waals surface area contributed by atoms with Gasteiger partial charge in [-0.2, -0.15) is 5.26 Å². The second-order valence-corrected chi connectivity index (χ2v) is 6.53. The maximum absolute atomic E-state index is 12.3. The summed E-state index contributed by atoms with van der Waals surface area (Å²) in [6.07, 6.45) is 1.42. The van der Waals surface area contributed by atoms with Crippen molar-refractivity contribution in [3.05, 3.63) is 52.3 Å². The minimum atomic E-state index is -3.70. The summed E-state index contributed by atoms with van der Waals surface area (Å²) in [6.45, 7) is 1.65. The molecule has 0 radical (unpaired) electrons. The van der Waals surface area contributed by atoms with Crippen LogP contribution >= 0.6 is 15.9 Å². The molecule has 0 aliphatic rings. The summed E-state index contributed by atoms with van der Waals surface area (Å²) in [5.41, 5.74) is 1.31. The van der Waals surface area contributed by atoms with Gasteiger partial charge >= 0.3 is 0 Å². The molecule has 7 heteroatoms. The number of sulfonamides is 1. The Labute approximate surface area is 125 Å². The topological polar surface area (TPSA) is 82.8 Å². The van der Waals surface area contributed by atoms with Gasteiger partial charge in [-0.05, 0) is 58.7 Å². The van der Waals surface area contributed by atoms with Crippen molar-refractivity contribution >= 4 is 31.6 Å². The molecule has 0 saturated carbocycles. The van der Waals surface area contributed by atoms with Gasteiger partial charge in [0.15, 0.2) is 0 Å². The van der Waals surface area contributed by atoms with E-state index in [2.05, 4.69) is 25.6 Å². The number of rotatable bonds is 3. The van der Waals surface area contributed by atoms with Gasteiger partial charge in [0.1, 0.15) is 4.60 Å². The summed E-state index contributed by atoms with van der Waals surface area (Å²) in [7, 11) is -3.70. The van der Waals surface area contributed by atoms with Crippen molar-refractivity contribution in [3.63, 3.8) is 0 Å². The number of halogens is 1. The molecule has 0 bridgehead atoms. The van der Waals surface area contributed by atoms with E-state index in [1.165, 1.54) is 24.4 Å². The van der Waals surface area contributed by atoms with Crippen LogP contribution in [-0.2, 0) is 10.0 Å². The minimum absolute atomic E-state index is 0.138. The molecule has 0 atom stereocenters. The zero-order valence-corrected chi connectivity index (χ0v) is 12.9. The van der Waals surface area contributed by atoms with Crippen LogP contribution in [0.3, 0.4) is 0 Å². The largest absolute Gasteiger partial charge is 0.278 e. The number of benzene rings is 1. The van der Waals surface area contributed by atoms with Crippen LogP contribution in [0.25, 0.3) is 0 Å². The molecule has 0 aliphatic carbocycles. The lowest BCUT2D eigenvalue weighted by Crippen LogP contribution is -2.14. The highest BCUT2D eigenvalue weighted by Crippen LogP contribution is 2.20. The van der Waals surface area contributed by atoms with Gasteiger partial charge in [-0.1, -0.05) is 0 Å². The molecule has 0 aliphatic heterocycles. The highest BCUT2D eigenvalue weighted by Gasteiger charge is 2.17. The summed E-state index contributed by atoms with van der Waals surface area (Å²) in [5.74, 6) is 0. The molecule has 0 unspecified atom stereocenters. The number of nitrogens with one attached hydrogen (secondary N) is 1. The van der Waals surface area contributed by atoms with E-state index in [-0.39, 0.29) is 4.90 Å². The Balaban J connectivity index is 2.36. The van der Waals surface area contributed by atoms with E-state index in [1.807, 2.05) is 6.07 Å². The van der Waals surface area contributed by atoms with E-state index in [0.29, 0.717) is 21.4 Å². The smallest absolute Gasteiger partial charge is 0.262 e. The lowest BCUT2D eigenvalue weighted by Gasteiger charge is -2.10. The third-order valence-electron chi connectivity index (χ3n) is 2.57. The molecule has 1 N–H and O–H groups in total. The normalized spacial score (nSPS) is 10.8. The quantitative estimate of drug-likeness (QED) is 0.861. The van der Waals surface area contributed by atoms with E-state index >= 15 is 0 Å². The van der Waals surface area contributed by atoms with E-state index in [9.17, 15) is 8.42 Å². The molecule has 2 rings (SSSR count). The number of anilines is 1. The SMILES string of the molecule is Cc1cc(C#N)ccc1S(=O)(=O)Nc1ccc(Br)nc1. The van der Waals surface area contributed by atoms with E-state index in [1.54, 1.807) is 19.1 Å². The Morgan fingerprint density at radius 2 is 2.05 bits per heavy atom. The maximum atomic E-state index is 12.3. The molecule has 1 aromatic heterocycles. The third kappa shape index (κ3) is 3.15. The molecule has 0 fully saturated rings. The van der Waals surface area contributed by atoms with Crippen LogP contribution in [-0.4, -0.2) is 13.4 Å². The first-order valence-corrected chi connectivity index (χ1v) is 7.85. The Kier molecular flexibility index (Phi) is 4.06. The van der Waals surface area contributed by atoms with Crippen molar-refractivity contribution < 1.29 is 8.42 Å². The summed E-state index contributed by atoms with van der Waals surface area (Å²) >= 11 is 3.18. The first kappa shape index (κ1) is 14.5. The molecule has 1 heterocycles. The van der Waals surface area contributed by atoms with Gasteiger partial charge in [-0.3, -0.25) is 4.72 Å². The number of aromatic nitrogens is 1. The number of pyridine rings is 1. The van der Waals surface area contributed by atoms with Crippen LogP contribution in [0.2, 0.25) is 0 Å². The second-order valence-electron chi connectivity index (χ2n) is 4.07. The van der Waals surface area contributed by atoms with Crippen LogP contribution in [0.15, 0.2) is 46.0 Å². The molecule has 2 aromatic rings. The highest BCUT2D eigenvalue weighted by molar-refractivity contribution is 9.10. The fourth-order valence-electron chi connectivity index (χ4n) is 1.67. The van der Waals surface area contributed by atoms with Crippen LogP contribution in [0.1, 0.15) is 11.1 Å². The molecule has 5 nitrogen and oxygen atoms in total. The van der Waals surface area contributed by atoms with Gasteiger partial charge < -0.3 is 0 Å². The number of nitrogens with zero attached hydrogens (tertiary/aromatic N) is 2. The van der Waals surface area contributed by atoms with E-state index < -0.39 is 10.0 Å². The number of hydrogen-bond acceptors (Lipinski definition) is 4. The van der Waals surface area contributed by atoms with E-state index in [0.717, 1.165) is 0 Å². The van der Waals surface area contributed by atoms with Crippen LogP contribution in [0.4, 0.5) is 5.69 Å². The van der Waals surface area contributed by atoms with E-state index in [4.69, 9.17) is 5.26 Å². The van der Waals surface area contributed by atoms with Crippen molar-refractivity contribution in [1.82, 2.24) is 4.98 Å². The molecule has 0 amide bonds. The standard InChI is InChI=1S/C13H10BrN3O2S/c1-9-6-10(7-15)2-4-12(9)20(18,19)17-11-3-5-13(14)16-8-11/h2-6,8,17H,1H3. The first-order valence-electron chi connectivity index (χ1n) is 5.57. The van der Waals surface area contributed by atoms with Gasteiger partial charge in [0.25, 0.3) is 10.0 Å². The Bertz CT molecular complexity index is 780. The fourth-order valence-corrected chi connectivity index (χ4v) is 3.17. The van der Waals surface area contributed by atoms with Gasteiger partial charge in [-0.15, -0.1) is 0 Å². The Morgan fingerprint density at radius 1 is 1.30 bits per heavy atom. The third-order valence-corrected chi connectivity index (χ3v) is 4.58. The molecular formula is C13H10BrN3O2S. The molecule has 0 saturated heterocycles. The summed E-state index contributed by atoms with van der Waals surface area (Å²) < 4.78 is 27.6. The number of nitriles is 1. The number of hydrogen-bond donors (Lipinski definition) is 1. The molecule has 20 heavy (non-hydrogen) atoms. The minimum Gasteiger partial charge on any atom is -0.278 e. The predicted octanol–water partition coefficient (Wildman–Crippen LogP) is 2.83. The Hall–Kier alpha value is -1.91. The average Bonchev–Trinajstić information content (AvgIpc) is 2.40. The van der Waals surface area contributed by atoms with Crippen molar-refractivity contribution in [2.75, 3.05) is 4.72 Å². The first-order chi connectivity index (χ1) is 9.42. The van der Waals surface area contributed by atoms with Crippen LogP contribution in [0, 0.1) is 18.3 Å². The summed E-state index contributed by atoms with van der Waals surface area (Å²) in [6, 6.07) is 9.65. The monoisotopic (exact) mass is 351 g/mol. The molecule has 0 spiro atoms. The van der Waals surface area contributed by atoms with Crippen LogP contribution < -0.4 is 4.72 Å². The fraction of sp³-hybridized carbons (Fsp3) is 0.0769. The zero-order valence-electron chi connectivity index (χ0n) is 10.5. The van der Waals surface area contributed by atoms with Crippen molar-refractivity contribution in [2.45, 2.75) is 11.8 Å². The molecule has 1 aromatic carbocycles. The predicted molar refractivity (Wildman–Crippen MR) is 78.6 cm³/mol. The summed E-state index contributed by atoms with van der Waals surface area (Å²) in [5, 5.41) is 8.79. The van der Waals surface area contributed by atoms with Crippen LogP contribution in [0.5, 0.6) is 0 Å². The van der Waals surface area contributed by atoms with Crippen molar-refractivity contribution in [1.29, 1.82) is 5.26 Å². The maximum Gasteiger partial charge on any atom is 0.262 e. The highest BCUT2D eigenvalue weighted by atomic mass is 79.9. The average molecular weight is 352 g/mol. The van der Waals surface area contributed by atoms with Gasteiger partial charge in [0.2, 0.25) is 0 Å². The summed E-state index contributed by atoms with van der Waals surface area (Å²) in [4.78, 5) is 4.09. The van der Waals surface area contributed by atoms with Crippen molar-refractivity contribution in [2.24, 2.45) is 0 Å². The Morgan fingerprint density at radius 3 is 2.60 bits per heavy atom. The van der Waals surface area contributed by atoms with Gasteiger partial charge in [0.05, 0.1) is 28.4 Å². The van der Waals surface area contributed by atoms with Crippen molar-refractivity contribution in [3.8, 4) is 6.07 Å². The lowest BCUT2D eigenvalue weighted by atomic mass is 10.2. The molecule has 102 valence electrons. The van der Waals surface area contributed by atoms with Gasteiger partial charge in [0, 0.05) is 0 Å². The molecular weight excluding hydrogens is 342 g/mol. The zero-order chi connectivity index (χ0) is 14.8.